The number of methoxy groups -OCH3 is 1. The summed E-state index contributed by atoms with van der Waals surface area (Å²) in [6.07, 6.45) is -2.74. The summed E-state index contributed by atoms with van der Waals surface area (Å²) >= 11 is 0. The molecule has 0 atom stereocenters. The average Bonchev–Trinajstić information content (AvgIpc) is 2.17. The van der Waals surface area contributed by atoms with E-state index in [-0.39, 0.29) is 5.56 Å². The Morgan fingerprint density at radius 2 is 2.21 bits per heavy atom. The molecule has 0 spiro atoms. The van der Waals surface area contributed by atoms with E-state index in [0.717, 1.165) is 0 Å². The van der Waals surface area contributed by atoms with Gasteiger partial charge < -0.3 is 4.74 Å². The summed E-state index contributed by atoms with van der Waals surface area (Å²) in [5, 5.41) is 8.60. The minimum Gasteiger partial charge on any atom is -0.495 e. The Balaban J connectivity index is 3.33. The highest BCUT2D eigenvalue weighted by molar-refractivity contribution is 5.42. The molecule has 0 aliphatic rings. The number of rotatable bonds is 2. The topological polar surface area (TPSA) is 45.9 Å². The van der Waals surface area contributed by atoms with E-state index in [4.69, 9.17) is 10.00 Å². The molecule has 0 saturated carbocycles. The van der Waals surface area contributed by atoms with E-state index in [9.17, 15) is 8.78 Å². The zero-order chi connectivity index (χ0) is 10.7. The number of hydrogen-bond donors (Lipinski definition) is 0. The summed E-state index contributed by atoms with van der Waals surface area (Å²) in [6.45, 7) is 1.55. The number of pyridine rings is 1. The van der Waals surface area contributed by atoms with Crippen molar-refractivity contribution in [2.45, 2.75) is 13.3 Å². The van der Waals surface area contributed by atoms with Crippen LogP contribution >= 0.6 is 0 Å². The van der Waals surface area contributed by atoms with E-state index in [1.165, 1.54) is 13.2 Å². The maximum Gasteiger partial charge on any atom is 0.281 e. The zero-order valence-corrected chi connectivity index (χ0v) is 7.71. The van der Waals surface area contributed by atoms with Gasteiger partial charge in [-0.3, -0.25) is 0 Å². The third kappa shape index (κ3) is 1.79. The Labute approximate surface area is 79.9 Å². The summed E-state index contributed by atoms with van der Waals surface area (Å²) < 4.78 is 29.6. The van der Waals surface area contributed by atoms with Gasteiger partial charge in [-0.1, -0.05) is 0 Å². The van der Waals surface area contributed by atoms with Crippen LogP contribution in [0.2, 0.25) is 0 Å². The van der Waals surface area contributed by atoms with Crippen LogP contribution < -0.4 is 4.74 Å². The molecule has 0 radical (unpaired) electrons. The summed E-state index contributed by atoms with van der Waals surface area (Å²) in [6, 6.07) is 2.92. The van der Waals surface area contributed by atoms with Crippen molar-refractivity contribution in [1.82, 2.24) is 4.98 Å². The second-order valence-electron chi connectivity index (χ2n) is 2.62. The lowest BCUT2D eigenvalue weighted by molar-refractivity contribution is 0.145. The molecule has 0 aliphatic carbocycles. The molecule has 0 fully saturated rings. The van der Waals surface area contributed by atoms with E-state index in [2.05, 4.69) is 4.98 Å². The van der Waals surface area contributed by atoms with Crippen molar-refractivity contribution in [2.75, 3.05) is 7.11 Å². The smallest absolute Gasteiger partial charge is 0.281 e. The van der Waals surface area contributed by atoms with Gasteiger partial charge in [-0.15, -0.1) is 0 Å². The average molecular weight is 198 g/mol. The minimum atomic E-state index is -2.74. The predicted molar refractivity (Wildman–Crippen MR) is 45.2 cm³/mol. The first-order valence-electron chi connectivity index (χ1n) is 3.84. The molecule has 0 N–H and O–H groups in total. The molecule has 5 heteroatoms. The predicted octanol–water partition coefficient (Wildman–Crippen LogP) is 2.21. The molecule has 0 aromatic carbocycles. The van der Waals surface area contributed by atoms with E-state index >= 15 is 0 Å². The van der Waals surface area contributed by atoms with Crippen molar-refractivity contribution in [2.24, 2.45) is 0 Å². The second-order valence-corrected chi connectivity index (χ2v) is 2.62. The van der Waals surface area contributed by atoms with Crippen LogP contribution in [0.4, 0.5) is 8.78 Å². The van der Waals surface area contributed by atoms with Crippen molar-refractivity contribution in [3.8, 4) is 11.8 Å². The fourth-order valence-electron chi connectivity index (χ4n) is 1.07. The number of halogens is 2. The van der Waals surface area contributed by atoms with Crippen molar-refractivity contribution in [1.29, 1.82) is 5.26 Å². The third-order valence-corrected chi connectivity index (χ3v) is 1.74. The van der Waals surface area contributed by atoms with Crippen molar-refractivity contribution < 1.29 is 13.5 Å². The molecule has 1 heterocycles. The highest BCUT2D eigenvalue weighted by Crippen LogP contribution is 2.25. The standard InChI is InChI=1S/C9H8F2N2O/c1-5-7(14-2)3-6(4-12)8(13-5)9(10)11/h3,9H,1-2H3. The van der Waals surface area contributed by atoms with Crippen molar-refractivity contribution in [3.63, 3.8) is 0 Å². The van der Waals surface area contributed by atoms with E-state index in [1.807, 2.05) is 0 Å². The number of nitrogens with zero attached hydrogens (tertiary/aromatic N) is 2. The normalized spacial score (nSPS) is 10.0. The first-order chi connectivity index (χ1) is 6.60. The third-order valence-electron chi connectivity index (χ3n) is 1.74. The first kappa shape index (κ1) is 10.4. The van der Waals surface area contributed by atoms with Gasteiger partial charge in [0.15, 0.2) is 0 Å². The fraction of sp³-hybridized carbons (Fsp3) is 0.333. The Morgan fingerprint density at radius 1 is 1.57 bits per heavy atom. The molecule has 0 unspecified atom stereocenters. The van der Waals surface area contributed by atoms with Gasteiger partial charge >= 0.3 is 0 Å². The lowest BCUT2D eigenvalue weighted by atomic mass is 10.2. The molecule has 0 amide bonds. The lowest BCUT2D eigenvalue weighted by Gasteiger charge is -2.07. The molecule has 0 aliphatic heterocycles. The Bertz CT molecular complexity index is 385. The quantitative estimate of drug-likeness (QED) is 0.731. The maximum atomic E-state index is 12.4. The summed E-state index contributed by atoms with van der Waals surface area (Å²) in [5.74, 6) is 0.339. The minimum absolute atomic E-state index is 0.151. The maximum absolute atomic E-state index is 12.4. The molecule has 0 bridgehead atoms. The molecule has 1 aromatic rings. The highest BCUT2D eigenvalue weighted by Gasteiger charge is 2.17. The summed E-state index contributed by atoms with van der Waals surface area (Å²) in [7, 11) is 1.40. The number of ether oxygens (including phenoxy) is 1. The zero-order valence-electron chi connectivity index (χ0n) is 7.71. The Kier molecular flexibility index (Phi) is 2.97. The number of nitriles is 1. The van der Waals surface area contributed by atoms with Crippen molar-refractivity contribution >= 4 is 0 Å². The van der Waals surface area contributed by atoms with Crippen LogP contribution in [0.3, 0.4) is 0 Å². The molecule has 1 rings (SSSR count). The summed E-state index contributed by atoms with van der Waals surface area (Å²) in [4.78, 5) is 3.62. The van der Waals surface area contributed by atoms with Gasteiger partial charge in [0.25, 0.3) is 6.43 Å². The van der Waals surface area contributed by atoms with Crippen LogP contribution in [0.1, 0.15) is 23.4 Å². The van der Waals surface area contributed by atoms with Crippen LogP contribution in [0.25, 0.3) is 0 Å². The Morgan fingerprint density at radius 3 is 2.64 bits per heavy atom. The second kappa shape index (κ2) is 4.01. The van der Waals surface area contributed by atoms with Gasteiger partial charge in [-0.05, 0) is 6.92 Å². The van der Waals surface area contributed by atoms with Gasteiger partial charge in [0.1, 0.15) is 17.5 Å². The molecule has 1 aromatic heterocycles. The van der Waals surface area contributed by atoms with Gasteiger partial charge in [-0.2, -0.15) is 5.26 Å². The largest absolute Gasteiger partial charge is 0.495 e. The molecule has 14 heavy (non-hydrogen) atoms. The van der Waals surface area contributed by atoms with E-state index in [1.54, 1.807) is 13.0 Å². The molecule has 3 nitrogen and oxygen atoms in total. The highest BCUT2D eigenvalue weighted by atomic mass is 19.3. The fourth-order valence-corrected chi connectivity index (χ4v) is 1.07. The first-order valence-corrected chi connectivity index (χ1v) is 3.84. The number of hydrogen-bond acceptors (Lipinski definition) is 3. The lowest BCUT2D eigenvalue weighted by Crippen LogP contribution is -2.00. The number of alkyl halides is 2. The van der Waals surface area contributed by atoms with Gasteiger partial charge in [0.05, 0.1) is 18.4 Å². The van der Waals surface area contributed by atoms with Gasteiger partial charge in [0, 0.05) is 6.07 Å². The van der Waals surface area contributed by atoms with Crippen LogP contribution in [0.5, 0.6) is 5.75 Å². The molecular formula is C9H8F2N2O. The van der Waals surface area contributed by atoms with Crippen molar-refractivity contribution in [3.05, 3.63) is 23.0 Å². The van der Waals surface area contributed by atoms with Crippen LogP contribution in [-0.4, -0.2) is 12.1 Å². The SMILES string of the molecule is COc1cc(C#N)c(C(F)F)nc1C. The van der Waals surface area contributed by atoms with Gasteiger partial charge in [0.2, 0.25) is 0 Å². The molecule has 74 valence electrons. The van der Waals surface area contributed by atoms with Crippen LogP contribution in [-0.2, 0) is 0 Å². The summed E-state index contributed by atoms with van der Waals surface area (Å²) in [5.41, 5.74) is -0.296. The number of aryl methyl sites for hydroxylation is 1. The van der Waals surface area contributed by atoms with Gasteiger partial charge in [-0.25, -0.2) is 13.8 Å². The van der Waals surface area contributed by atoms with Crippen LogP contribution in [0.15, 0.2) is 6.07 Å². The van der Waals surface area contributed by atoms with E-state index < -0.39 is 12.1 Å². The molecule has 0 saturated heterocycles. The van der Waals surface area contributed by atoms with Crippen LogP contribution in [0, 0.1) is 18.3 Å². The van der Waals surface area contributed by atoms with E-state index in [0.29, 0.717) is 11.4 Å². The molecular weight excluding hydrogens is 190 g/mol. The monoisotopic (exact) mass is 198 g/mol. The number of aromatic nitrogens is 1. The Hall–Kier alpha value is -1.70.